The lowest BCUT2D eigenvalue weighted by atomic mass is 9.95. The predicted octanol–water partition coefficient (Wildman–Crippen LogP) is 7.85. The van der Waals surface area contributed by atoms with E-state index >= 15 is 0 Å². The minimum absolute atomic E-state index is 0.125. The summed E-state index contributed by atoms with van der Waals surface area (Å²) in [6.07, 6.45) is 7.51. The normalized spacial score (nSPS) is 14.2. The van der Waals surface area contributed by atoms with E-state index in [0.717, 1.165) is 23.1 Å². The number of hydrogen-bond donors (Lipinski definition) is 2. The van der Waals surface area contributed by atoms with Crippen LogP contribution >= 0.6 is 11.3 Å². The number of fused-ring (bicyclic) bond motifs is 1. The van der Waals surface area contributed by atoms with E-state index in [-0.39, 0.29) is 17.3 Å². The van der Waals surface area contributed by atoms with Crippen LogP contribution in [0.25, 0.3) is 10.1 Å². The number of nitrogens with one attached hydrogen (secondary N) is 1. The minimum atomic E-state index is -0.363. The van der Waals surface area contributed by atoms with Crippen molar-refractivity contribution in [2.75, 3.05) is 6.54 Å². The van der Waals surface area contributed by atoms with E-state index in [1.807, 2.05) is 12.1 Å². The van der Waals surface area contributed by atoms with Gasteiger partial charge in [-0.1, -0.05) is 31.4 Å². The van der Waals surface area contributed by atoms with Crippen molar-refractivity contribution >= 4 is 27.2 Å². The number of phenols is 1. The summed E-state index contributed by atoms with van der Waals surface area (Å²) in [6.45, 7) is 4.44. The van der Waals surface area contributed by atoms with E-state index in [0.29, 0.717) is 39.1 Å². The zero-order chi connectivity index (χ0) is 25.9. The lowest BCUT2D eigenvalue weighted by Crippen LogP contribution is -2.32. The third kappa shape index (κ3) is 5.71. The zero-order valence-electron chi connectivity index (χ0n) is 21.3. The number of aromatic hydroxyl groups is 1. The molecule has 1 aromatic heterocycles. The molecule has 1 aliphatic rings. The molecule has 6 heteroatoms. The van der Waals surface area contributed by atoms with Crippen molar-refractivity contribution in [1.82, 2.24) is 5.32 Å². The van der Waals surface area contributed by atoms with Crippen LogP contribution in [0.5, 0.6) is 17.2 Å². The fourth-order valence-corrected chi connectivity index (χ4v) is 6.37. The smallest absolute Gasteiger partial charge is 0.207 e. The Morgan fingerprint density at radius 2 is 1.73 bits per heavy atom. The van der Waals surface area contributed by atoms with Gasteiger partial charge in [0.15, 0.2) is 5.75 Å². The number of ketones is 1. The van der Waals surface area contributed by atoms with Gasteiger partial charge >= 0.3 is 0 Å². The zero-order valence-corrected chi connectivity index (χ0v) is 22.1. The van der Waals surface area contributed by atoms with E-state index in [1.54, 1.807) is 32.0 Å². The van der Waals surface area contributed by atoms with Gasteiger partial charge in [-0.3, -0.25) is 4.79 Å². The molecule has 0 atom stereocenters. The molecule has 5 rings (SSSR count). The fraction of sp³-hybridized carbons (Fsp3) is 0.323. The van der Waals surface area contributed by atoms with Crippen molar-refractivity contribution in [3.8, 4) is 17.2 Å². The van der Waals surface area contributed by atoms with Crippen LogP contribution in [0.4, 0.5) is 4.39 Å². The number of carbonyl (C=O) groups is 1. The molecule has 0 amide bonds. The minimum Gasteiger partial charge on any atom is -0.508 e. The van der Waals surface area contributed by atoms with Crippen LogP contribution in [0.3, 0.4) is 0 Å². The second kappa shape index (κ2) is 11.0. The Hall–Kier alpha value is -3.22. The number of carbonyl (C=O) groups excluding carboxylic acids is 1. The van der Waals surface area contributed by atoms with Crippen molar-refractivity contribution in [3.05, 3.63) is 87.5 Å². The Balaban J connectivity index is 1.39. The van der Waals surface area contributed by atoms with Gasteiger partial charge in [0.05, 0.1) is 0 Å². The first-order chi connectivity index (χ1) is 17.9. The van der Waals surface area contributed by atoms with Gasteiger partial charge in [-0.15, -0.1) is 11.3 Å². The van der Waals surface area contributed by atoms with Crippen molar-refractivity contribution in [3.63, 3.8) is 0 Å². The van der Waals surface area contributed by atoms with E-state index in [4.69, 9.17) is 4.74 Å². The van der Waals surface area contributed by atoms with Crippen molar-refractivity contribution in [2.45, 2.75) is 58.4 Å². The van der Waals surface area contributed by atoms with Gasteiger partial charge in [0.25, 0.3) is 0 Å². The molecule has 1 heterocycles. The number of ether oxygens (including phenoxy) is 1. The second-order valence-corrected chi connectivity index (χ2v) is 11.0. The lowest BCUT2D eigenvalue weighted by molar-refractivity contribution is 0.103. The molecule has 192 valence electrons. The van der Waals surface area contributed by atoms with Gasteiger partial charge in [-0.05, 0) is 98.8 Å². The Labute approximate surface area is 221 Å². The van der Waals surface area contributed by atoms with Gasteiger partial charge in [0, 0.05) is 21.7 Å². The molecule has 4 nitrogen and oxygen atoms in total. The third-order valence-electron chi connectivity index (χ3n) is 7.15. The molecule has 1 aliphatic carbocycles. The molecule has 1 saturated carbocycles. The first-order valence-corrected chi connectivity index (χ1v) is 13.8. The van der Waals surface area contributed by atoms with Gasteiger partial charge in [0.2, 0.25) is 5.78 Å². The van der Waals surface area contributed by atoms with E-state index < -0.39 is 0 Å². The molecule has 3 aromatic carbocycles. The topological polar surface area (TPSA) is 58.6 Å². The summed E-state index contributed by atoms with van der Waals surface area (Å²) >= 11 is 1.27. The highest BCUT2D eigenvalue weighted by molar-refractivity contribution is 7.21. The van der Waals surface area contributed by atoms with Gasteiger partial charge < -0.3 is 15.2 Å². The highest BCUT2D eigenvalue weighted by atomic mass is 32.1. The van der Waals surface area contributed by atoms with Gasteiger partial charge in [-0.25, -0.2) is 4.39 Å². The van der Waals surface area contributed by atoms with Crippen LogP contribution in [-0.2, 0) is 6.42 Å². The monoisotopic (exact) mass is 517 g/mol. The Morgan fingerprint density at radius 3 is 2.43 bits per heavy atom. The number of halogens is 1. The molecular formula is C31H32FNO3S. The lowest BCUT2D eigenvalue weighted by Gasteiger charge is -2.22. The van der Waals surface area contributed by atoms with Gasteiger partial charge in [0.1, 0.15) is 22.2 Å². The number of aryl methyl sites for hydroxylation is 2. The number of thiophene rings is 1. The maximum absolute atomic E-state index is 13.9. The molecule has 2 N–H and O–H groups in total. The average molecular weight is 518 g/mol. The predicted molar refractivity (Wildman–Crippen MR) is 148 cm³/mol. The summed E-state index contributed by atoms with van der Waals surface area (Å²) in [5, 5.41) is 14.4. The summed E-state index contributed by atoms with van der Waals surface area (Å²) in [7, 11) is 0. The quantitative estimate of drug-likeness (QED) is 0.234. The van der Waals surface area contributed by atoms with Crippen LogP contribution in [0, 0.1) is 19.7 Å². The number of benzene rings is 3. The Morgan fingerprint density at radius 1 is 1.03 bits per heavy atom. The first kappa shape index (κ1) is 25.4. The molecule has 37 heavy (non-hydrogen) atoms. The molecule has 0 spiro atoms. The number of rotatable bonds is 8. The average Bonchev–Trinajstić information content (AvgIpc) is 3.22. The molecule has 4 aromatic rings. The molecule has 0 unspecified atom stereocenters. The van der Waals surface area contributed by atoms with Crippen molar-refractivity contribution < 1.29 is 19.0 Å². The molecule has 0 radical (unpaired) electrons. The summed E-state index contributed by atoms with van der Waals surface area (Å²) in [6, 6.07) is 16.4. The number of phenolic OH excluding ortho intramolecular Hbond substituents is 1. The molecule has 1 fully saturated rings. The molecule has 0 aliphatic heterocycles. The fourth-order valence-electron chi connectivity index (χ4n) is 5.26. The summed E-state index contributed by atoms with van der Waals surface area (Å²) < 4.78 is 21.0. The van der Waals surface area contributed by atoms with Crippen LogP contribution in [0.1, 0.15) is 64.0 Å². The maximum Gasteiger partial charge on any atom is 0.207 e. The van der Waals surface area contributed by atoms with E-state index in [9.17, 15) is 14.3 Å². The van der Waals surface area contributed by atoms with Crippen molar-refractivity contribution in [2.24, 2.45) is 0 Å². The molecule has 0 bridgehead atoms. The maximum atomic E-state index is 13.9. The van der Waals surface area contributed by atoms with E-state index in [2.05, 4.69) is 17.4 Å². The van der Waals surface area contributed by atoms with E-state index in [1.165, 1.54) is 61.1 Å². The van der Waals surface area contributed by atoms with Crippen LogP contribution in [0.15, 0.2) is 54.6 Å². The standard InChI is InChI=1S/C31H32FNO3S/c1-19-16-22(32)17-20(2)28(19)29(35)31-30(26-13-10-24(34)18-27(26)37-31)36-25-11-8-21(9-12-25)14-15-33-23-6-4-3-5-7-23/h8-13,16-18,23,33-34H,3-7,14-15H2,1-2H3. The first-order valence-electron chi connectivity index (χ1n) is 13.0. The Bertz CT molecular complexity index is 1400. The highest BCUT2D eigenvalue weighted by Crippen LogP contribution is 2.43. The number of hydrogen-bond acceptors (Lipinski definition) is 5. The van der Waals surface area contributed by atoms with Crippen LogP contribution in [0.2, 0.25) is 0 Å². The van der Waals surface area contributed by atoms with Gasteiger partial charge in [-0.2, -0.15) is 0 Å². The second-order valence-electron chi connectivity index (χ2n) is 9.97. The SMILES string of the molecule is Cc1cc(F)cc(C)c1C(=O)c1sc2cc(O)ccc2c1Oc1ccc(CCNC2CCCCC2)cc1. The summed E-state index contributed by atoms with van der Waals surface area (Å²) in [4.78, 5) is 14.1. The molecule has 0 saturated heterocycles. The summed E-state index contributed by atoms with van der Waals surface area (Å²) in [5.74, 6) is 0.646. The third-order valence-corrected chi connectivity index (χ3v) is 8.29. The Kier molecular flexibility index (Phi) is 7.58. The summed E-state index contributed by atoms with van der Waals surface area (Å²) in [5.41, 5.74) is 2.87. The van der Waals surface area contributed by atoms with Crippen LogP contribution < -0.4 is 10.1 Å². The van der Waals surface area contributed by atoms with Crippen molar-refractivity contribution in [1.29, 1.82) is 0 Å². The largest absolute Gasteiger partial charge is 0.508 e. The molecular weight excluding hydrogens is 485 g/mol. The van der Waals surface area contributed by atoms with Crippen LogP contribution in [-0.4, -0.2) is 23.5 Å². The highest BCUT2D eigenvalue weighted by Gasteiger charge is 2.25.